The van der Waals surface area contributed by atoms with Gasteiger partial charge in [-0.1, -0.05) is 38.1 Å². The van der Waals surface area contributed by atoms with Crippen LogP contribution in [0.2, 0.25) is 0 Å². The molecule has 2 atom stereocenters. The van der Waals surface area contributed by atoms with Crippen molar-refractivity contribution in [2.24, 2.45) is 11.3 Å². The lowest BCUT2D eigenvalue weighted by Gasteiger charge is -2.56. The summed E-state index contributed by atoms with van der Waals surface area (Å²) < 4.78 is 43.3. The lowest BCUT2D eigenvalue weighted by molar-refractivity contribution is -0.384. The molecule has 3 saturated carbocycles. The second kappa shape index (κ2) is 18.6. The number of rotatable bonds is 14. The summed E-state index contributed by atoms with van der Waals surface area (Å²) in [5, 5.41) is 37.8. The molecule has 5 fully saturated rings. The van der Waals surface area contributed by atoms with E-state index in [-0.39, 0.29) is 46.7 Å². The van der Waals surface area contributed by atoms with Crippen molar-refractivity contribution in [3.63, 3.8) is 0 Å². The number of fused-ring (bicyclic) bond motifs is 2. The molecule has 72 heavy (non-hydrogen) atoms. The Morgan fingerprint density at radius 2 is 1.74 bits per heavy atom. The van der Waals surface area contributed by atoms with Gasteiger partial charge in [0.05, 0.1) is 38.3 Å². The zero-order chi connectivity index (χ0) is 50.2. The van der Waals surface area contributed by atoms with E-state index in [9.17, 15) is 33.5 Å². The number of nitro benzene ring substituents is 1. The van der Waals surface area contributed by atoms with Crippen LogP contribution in [-0.4, -0.2) is 93.9 Å². The highest BCUT2D eigenvalue weighted by Gasteiger charge is 2.50. The van der Waals surface area contributed by atoms with Crippen LogP contribution in [-0.2, 0) is 16.4 Å². The number of ether oxygens (including phenoxy) is 2. The van der Waals surface area contributed by atoms with Crippen molar-refractivity contribution in [2.45, 2.75) is 151 Å². The van der Waals surface area contributed by atoms with Gasteiger partial charge < -0.3 is 34.9 Å². The fourth-order valence-electron chi connectivity index (χ4n) is 12.5. The molecule has 17 heteroatoms. The number of aliphatic hydroxyl groups is 2. The Hall–Kier alpha value is -5.75. The molecule has 3 aromatic carbocycles. The normalized spacial score (nSPS) is 24.9. The molecule has 3 aliphatic heterocycles. The summed E-state index contributed by atoms with van der Waals surface area (Å²) in [5.74, 6) is 0.0816. The number of likely N-dealkylation sites (tertiary alicyclic amines) is 1. The maximum atomic E-state index is 14.4. The topological polar surface area (TPSA) is 212 Å². The van der Waals surface area contributed by atoms with Crippen LogP contribution in [0.5, 0.6) is 17.2 Å². The third-order valence-corrected chi connectivity index (χ3v) is 18.4. The quantitative estimate of drug-likeness (QED) is 0.0519. The summed E-state index contributed by atoms with van der Waals surface area (Å²) >= 11 is 0. The molecule has 5 aromatic rings. The van der Waals surface area contributed by atoms with Gasteiger partial charge in [0, 0.05) is 60.6 Å². The number of aryl methyl sites for hydroxylation is 1. The third-order valence-electron chi connectivity index (χ3n) is 17.1. The largest absolute Gasteiger partial charge is 0.489 e. The van der Waals surface area contributed by atoms with Crippen LogP contribution in [0.1, 0.15) is 143 Å². The lowest BCUT2D eigenvalue weighted by Crippen LogP contribution is -2.54. The van der Waals surface area contributed by atoms with E-state index in [1.807, 2.05) is 25.1 Å². The van der Waals surface area contributed by atoms with E-state index in [2.05, 4.69) is 62.9 Å². The maximum absolute atomic E-state index is 14.4. The Morgan fingerprint density at radius 3 is 2.47 bits per heavy atom. The van der Waals surface area contributed by atoms with Crippen LogP contribution in [0.15, 0.2) is 77.8 Å². The van der Waals surface area contributed by atoms with Crippen LogP contribution in [0.25, 0.3) is 11.0 Å². The van der Waals surface area contributed by atoms with Crippen molar-refractivity contribution in [3.8, 4) is 17.2 Å². The number of H-pyrrole nitrogens is 1. The van der Waals surface area contributed by atoms with E-state index >= 15 is 0 Å². The maximum Gasteiger partial charge on any atom is 0.297 e. The number of pyridine rings is 1. The van der Waals surface area contributed by atoms with Gasteiger partial charge in [-0.3, -0.25) is 19.8 Å². The number of piperidine rings is 1. The monoisotopic (exact) mass is 1000 g/mol. The number of aromatic amines is 1. The van der Waals surface area contributed by atoms with E-state index in [1.54, 1.807) is 18.3 Å². The van der Waals surface area contributed by atoms with Gasteiger partial charge in [0.2, 0.25) is 0 Å². The first kappa shape index (κ1) is 48.5. The van der Waals surface area contributed by atoms with Gasteiger partial charge >= 0.3 is 0 Å². The predicted molar refractivity (Wildman–Crippen MR) is 274 cm³/mol. The van der Waals surface area contributed by atoms with Crippen LogP contribution >= 0.6 is 0 Å². The minimum atomic E-state index is -4.71. The number of aromatic nitrogens is 2. The Kier molecular flexibility index (Phi) is 12.6. The van der Waals surface area contributed by atoms with Gasteiger partial charge in [0.1, 0.15) is 23.8 Å². The van der Waals surface area contributed by atoms with E-state index in [1.165, 1.54) is 42.9 Å². The highest BCUT2D eigenvalue weighted by molar-refractivity contribution is 7.90. The van der Waals surface area contributed by atoms with Gasteiger partial charge in [-0.2, -0.15) is 0 Å². The molecule has 6 aliphatic rings. The van der Waals surface area contributed by atoms with Crippen LogP contribution in [0, 0.1) is 21.4 Å². The van der Waals surface area contributed by atoms with Gasteiger partial charge in [-0.25, -0.2) is 18.1 Å². The number of carbonyl (C=O) groups excluding carboxylic acids is 1. The van der Waals surface area contributed by atoms with Crippen molar-refractivity contribution in [1.82, 2.24) is 19.6 Å². The summed E-state index contributed by atoms with van der Waals surface area (Å²) in [6, 6.07) is 20.8. The number of nitro groups is 1. The van der Waals surface area contributed by atoms with Crippen LogP contribution < -0.4 is 24.4 Å². The number of sulfonamides is 1. The third kappa shape index (κ3) is 9.64. The summed E-state index contributed by atoms with van der Waals surface area (Å²) in [6.45, 7) is 9.28. The number of benzene rings is 3. The van der Waals surface area contributed by atoms with E-state index in [4.69, 9.17) is 14.5 Å². The Balaban J connectivity index is 0.840. The molecule has 2 aromatic heterocycles. The molecule has 0 unspecified atom stereocenters. The van der Waals surface area contributed by atoms with Gasteiger partial charge in [0.25, 0.3) is 21.6 Å². The lowest BCUT2D eigenvalue weighted by atomic mass is 9.59. The number of hydrogen-bond donors (Lipinski definition) is 5. The van der Waals surface area contributed by atoms with E-state index in [0.29, 0.717) is 86.5 Å². The van der Waals surface area contributed by atoms with Gasteiger partial charge in [0.15, 0.2) is 11.4 Å². The number of amides is 1. The zero-order valence-corrected chi connectivity index (χ0v) is 42.3. The highest BCUT2D eigenvalue weighted by Crippen LogP contribution is 2.55. The Labute approximate surface area is 421 Å². The number of carbonyl (C=O) groups is 1. The average molecular weight is 1000 g/mol. The van der Waals surface area contributed by atoms with Crippen LogP contribution in [0.3, 0.4) is 0 Å². The molecule has 3 aliphatic carbocycles. The zero-order valence-electron chi connectivity index (χ0n) is 41.5. The Morgan fingerprint density at radius 1 is 0.972 bits per heavy atom. The molecule has 2 saturated heterocycles. The molecule has 5 N–H and O–H groups in total. The first-order valence-corrected chi connectivity index (χ1v) is 27.5. The molecule has 5 heterocycles. The minimum Gasteiger partial charge on any atom is -0.489 e. The molecule has 0 radical (unpaired) electrons. The van der Waals surface area contributed by atoms with Gasteiger partial charge in [-0.15, -0.1) is 0 Å². The van der Waals surface area contributed by atoms with Crippen molar-refractivity contribution >= 4 is 44.0 Å². The highest BCUT2D eigenvalue weighted by atomic mass is 32.2. The van der Waals surface area contributed by atoms with Crippen LogP contribution in [0.4, 0.5) is 17.1 Å². The SMILES string of the molecule is CC(C)c1ccccc1[C@H]1CCCN1C1CC2(CCN(c3ccc(C(=O)NS(=O)(=O)c4cc5c(c([N+](=O)[O-])c4)N[C@@H](C4CCC(C)(O)CC4)CO5)c(Oc4cc5cc[nH]c5nc4CCC4(O)CC4)c3)CC2)C1. The summed E-state index contributed by atoms with van der Waals surface area (Å²) in [5.41, 5.74) is 3.28. The smallest absolute Gasteiger partial charge is 0.297 e. The molecule has 1 amide bonds. The number of nitrogens with zero attached hydrogens (tertiary/aromatic N) is 4. The average Bonchev–Trinajstić information content (AvgIpc) is 3.65. The summed E-state index contributed by atoms with van der Waals surface area (Å²) in [6.07, 6.45) is 13.5. The van der Waals surface area contributed by atoms with Gasteiger partial charge in [-0.05, 0) is 156 Å². The molecule has 11 rings (SSSR count). The summed E-state index contributed by atoms with van der Waals surface area (Å²) in [4.78, 5) is 38.9. The second-order valence-electron chi connectivity index (χ2n) is 22.5. The number of nitrogens with one attached hydrogen (secondary N) is 3. The predicted octanol–water partition coefficient (Wildman–Crippen LogP) is 9.66. The van der Waals surface area contributed by atoms with Crippen molar-refractivity contribution in [3.05, 3.63) is 105 Å². The van der Waals surface area contributed by atoms with E-state index in [0.717, 1.165) is 49.6 Å². The number of hydrogen-bond acceptors (Lipinski definition) is 13. The minimum absolute atomic E-state index is 0.00567. The van der Waals surface area contributed by atoms with Crippen molar-refractivity contribution in [2.75, 3.05) is 36.5 Å². The fraction of sp³-hybridized carbons (Fsp3) is 0.527. The molecule has 16 nitrogen and oxygen atoms in total. The van der Waals surface area contributed by atoms with Crippen molar-refractivity contribution in [1.29, 1.82) is 0 Å². The number of anilines is 2. The molecule has 0 bridgehead atoms. The first-order valence-electron chi connectivity index (χ1n) is 26.1. The van der Waals surface area contributed by atoms with E-state index < -0.39 is 42.6 Å². The standard InChI is InChI=1S/C55H67N7O9S/c1-34(2)40-7-4-5-8-41(40)45-9-6-24-61(45)38-31-54(32-38)21-25-60(26-22-54)37-10-11-42(47(28-37)71-48-27-36-15-23-56-51(36)58-43(48)14-18-55(65)19-20-55)52(63)59-72(68,69)39-29-46(62(66)67)50-49(30-39)70-33-44(57-50)35-12-16-53(3,64)17-13-35/h4-5,7-8,10-11,15,23,27-30,34-35,38,44-45,57,64-65H,6,9,12-14,16-22,24-26,31-33H2,1-3H3,(H,56,58)(H,59,63)/t35?,44-,45-,53?/m1/s1. The summed E-state index contributed by atoms with van der Waals surface area (Å²) in [7, 11) is -4.71. The Bertz CT molecular complexity index is 3000. The molecule has 382 valence electrons. The second-order valence-corrected chi connectivity index (χ2v) is 24.2. The molecule has 1 spiro atoms. The fourth-order valence-corrected chi connectivity index (χ4v) is 13.5. The van der Waals surface area contributed by atoms with Crippen molar-refractivity contribution < 1.29 is 37.8 Å². The molecular formula is C55H67N7O9S. The first-order chi connectivity index (χ1) is 34.4. The molecular weight excluding hydrogens is 935 g/mol.